The van der Waals surface area contributed by atoms with Gasteiger partial charge in [0, 0.05) is 6.42 Å². The van der Waals surface area contributed by atoms with Crippen molar-refractivity contribution in [2.45, 2.75) is 12.8 Å². The SMILES string of the molecule is O=COCCc1ccc2c(c1)Cc1ccccc1-2. The summed E-state index contributed by atoms with van der Waals surface area (Å²) in [6.45, 7) is 0.957. The van der Waals surface area contributed by atoms with E-state index in [1.165, 1.54) is 27.8 Å². The zero-order valence-corrected chi connectivity index (χ0v) is 10.1. The second kappa shape index (κ2) is 4.65. The number of benzene rings is 2. The summed E-state index contributed by atoms with van der Waals surface area (Å²) in [7, 11) is 0. The second-order valence-corrected chi connectivity index (χ2v) is 4.54. The molecule has 0 saturated carbocycles. The van der Waals surface area contributed by atoms with Crippen molar-refractivity contribution < 1.29 is 9.53 Å². The van der Waals surface area contributed by atoms with Gasteiger partial charge >= 0.3 is 0 Å². The fourth-order valence-electron chi connectivity index (χ4n) is 2.58. The molecule has 1 aliphatic carbocycles. The van der Waals surface area contributed by atoms with Crippen molar-refractivity contribution in [3.05, 3.63) is 59.2 Å². The highest BCUT2D eigenvalue weighted by molar-refractivity contribution is 5.76. The lowest BCUT2D eigenvalue weighted by atomic mass is 10.0. The lowest BCUT2D eigenvalue weighted by molar-refractivity contribution is -0.128. The Morgan fingerprint density at radius 1 is 1.06 bits per heavy atom. The molecule has 0 heterocycles. The average molecular weight is 238 g/mol. The molecule has 0 atom stereocenters. The molecule has 0 unspecified atom stereocenters. The molecule has 0 N–H and O–H groups in total. The Hall–Kier alpha value is -2.09. The third kappa shape index (κ3) is 1.90. The van der Waals surface area contributed by atoms with Crippen LogP contribution in [0, 0.1) is 0 Å². The summed E-state index contributed by atoms with van der Waals surface area (Å²) in [5.74, 6) is 0. The number of hydrogen-bond donors (Lipinski definition) is 0. The van der Waals surface area contributed by atoms with E-state index in [-0.39, 0.29) is 0 Å². The normalized spacial score (nSPS) is 11.8. The van der Waals surface area contributed by atoms with Crippen molar-refractivity contribution in [3.8, 4) is 11.1 Å². The van der Waals surface area contributed by atoms with Gasteiger partial charge in [-0.1, -0.05) is 42.5 Å². The maximum Gasteiger partial charge on any atom is 0.293 e. The molecule has 0 aromatic heterocycles. The van der Waals surface area contributed by atoms with Crippen LogP contribution >= 0.6 is 0 Å². The van der Waals surface area contributed by atoms with Crippen LogP contribution in [0.1, 0.15) is 16.7 Å². The molecule has 2 aromatic rings. The molecule has 0 radical (unpaired) electrons. The van der Waals surface area contributed by atoms with Crippen molar-refractivity contribution in [1.82, 2.24) is 0 Å². The van der Waals surface area contributed by atoms with Gasteiger partial charge in [0.2, 0.25) is 0 Å². The van der Waals surface area contributed by atoms with Gasteiger partial charge in [0.1, 0.15) is 0 Å². The van der Waals surface area contributed by atoms with Crippen molar-refractivity contribution >= 4 is 6.47 Å². The van der Waals surface area contributed by atoms with Gasteiger partial charge in [-0.05, 0) is 34.2 Å². The summed E-state index contributed by atoms with van der Waals surface area (Å²) in [6, 6.07) is 15.1. The molecule has 0 fully saturated rings. The summed E-state index contributed by atoms with van der Waals surface area (Å²) in [6.07, 6.45) is 1.79. The van der Waals surface area contributed by atoms with Gasteiger partial charge in [0.25, 0.3) is 6.47 Å². The van der Waals surface area contributed by atoms with E-state index in [4.69, 9.17) is 4.74 Å². The smallest absolute Gasteiger partial charge is 0.293 e. The van der Waals surface area contributed by atoms with E-state index in [0.29, 0.717) is 13.1 Å². The Kier molecular flexibility index (Phi) is 2.85. The summed E-state index contributed by atoms with van der Waals surface area (Å²) < 4.78 is 4.74. The minimum Gasteiger partial charge on any atom is -0.468 e. The van der Waals surface area contributed by atoms with E-state index in [0.717, 1.165) is 12.8 Å². The van der Waals surface area contributed by atoms with Gasteiger partial charge in [-0.3, -0.25) is 4.79 Å². The molecule has 18 heavy (non-hydrogen) atoms. The standard InChI is InChI=1S/C16H14O2/c17-11-18-8-7-12-5-6-16-14(9-12)10-13-3-1-2-4-15(13)16/h1-6,9,11H,7-8,10H2. The van der Waals surface area contributed by atoms with Crippen LogP contribution in [0.3, 0.4) is 0 Å². The summed E-state index contributed by atoms with van der Waals surface area (Å²) in [4.78, 5) is 10.1. The molecule has 0 spiro atoms. The van der Waals surface area contributed by atoms with Gasteiger partial charge in [0.15, 0.2) is 0 Å². The lowest BCUT2D eigenvalue weighted by Gasteiger charge is -2.04. The Labute approximate surface area is 106 Å². The number of hydrogen-bond acceptors (Lipinski definition) is 2. The van der Waals surface area contributed by atoms with Crippen LogP contribution in [0.4, 0.5) is 0 Å². The molecule has 2 heteroatoms. The first kappa shape index (κ1) is 11.0. The van der Waals surface area contributed by atoms with Crippen molar-refractivity contribution in [2.75, 3.05) is 6.61 Å². The highest BCUT2D eigenvalue weighted by Crippen LogP contribution is 2.36. The van der Waals surface area contributed by atoms with E-state index < -0.39 is 0 Å². The van der Waals surface area contributed by atoms with Gasteiger partial charge in [-0.15, -0.1) is 0 Å². The number of carbonyl (C=O) groups is 1. The molecule has 1 aliphatic rings. The third-order valence-corrected chi connectivity index (χ3v) is 3.43. The second-order valence-electron chi connectivity index (χ2n) is 4.54. The van der Waals surface area contributed by atoms with Crippen LogP contribution in [-0.4, -0.2) is 13.1 Å². The minimum atomic E-state index is 0.454. The number of ether oxygens (including phenoxy) is 1. The summed E-state index contributed by atoms with van der Waals surface area (Å²) >= 11 is 0. The van der Waals surface area contributed by atoms with E-state index in [1.54, 1.807) is 0 Å². The predicted molar refractivity (Wildman–Crippen MR) is 70.4 cm³/mol. The Balaban J connectivity index is 1.86. The molecule has 0 bridgehead atoms. The van der Waals surface area contributed by atoms with Crippen LogP contribution in [0.2, 0.25) is 0 Å². The van der Waals surface area contributed by atoms with Crippen molar-refractivity contribution in [1.29, 1.82) is 0 Å². The number of rotatable bonds is 4. The number of carbonyl (C=O) groups excluding carboxylic acids is 1. The first-order chi connectivity index (χ1) is 8.88. The molecule has 3 rings (SSSR count). The van der Waals surface area contributed by atoms with Gasteiger partial charge in [-0.2, -0.15) is 0 Å². The van der Waals surface area contributed by atoms with Crippen LogP contribution in [0.5, 0.6) is 0 Å². The third-order valence-electron chi connectivity index (χ3n) is 3.43. The van der Waals surface area contributed by atoms with Gasteiger partial charge < -0.3 is 4.74 Å². The number of fused-ring (bicyclic) bond motifs is 3. The Morgan fingerprint density at radius 2 is 1.89 bits per heavy atom. The quantitative estimate of drug-likeness (QED) is 0.516. The molecule has 0 amide bonds. The zero-order chi connectivity index (χ0) is 12.4. The Bertz CT molecular complexity index is 587. The molecule has 2 aromatic carbocycles. The molecule has 0 saturated heterocycles. The maximum atomic E-state index is 10.1. The lowest BCUT2D eigenvalue weighted by Crippen LogP contribution is -1.97. The van der Waals surface area contributed by atoms with Crippen molar-refractivity contribution in [2.24, 2.45) is 0 Å². The predicted octanol–water partition coefficient (Wildman–Crippen LogP) is 2.97. The fraction of sp³-hybridized carbons (Fsp3) is 0.188. The summed E-state index contributed by atoms with van der Waals surface area (Å²) in [5.41, 5.74) is 6.69. The first-order valence-corrected chi connectivity index (χ1v) is 6.14. The fourth-order valence-corrected chi connectivity index (χ4v) is 2.58. The van der Waals surface area contributed by atoms with Crippen LogP contribution < -0.4 is 0 Å². The minimum absolute atomic E-state index is 0.454. The van der Waals surface area contributed by atoms with Gasteiger partial charge in [0.05, 0.1) is 6.61 Å². The highest BCUT2D eigenvalue weighted by Gasteiger charge is 2.17. The average Bonchev–Trinajstić information content (AvgIpc) is 2.76. The van der Waals surface area contributed by atoms with Crippen LogP contribution in [0.15, 0.2) is 42.5 Å². The van der Waals surface area contributed by atoms with E-state index in [2.05, 4.69) is 42.5 Å². The summed E-state index contributed by atoms with van der Waals surface area (Å²) in [5, 5.41) is 0. The van der Waals surface area contributed by atoms with Gasteiger partial charge in [-0.25, -0.2) is 0 Å². The maximum absolute atomic E-state index is 10.1. The van der Waals surface area contributed by atoms with E-state index in [9.17, 15) is 4.79 Å². The Morgan fingerprint density at radius 3 is 2.78 bits per heavy atom. The molecule has 2 nitrogen and oxygen atoms in total. The van der Waals surface area contributed by atoms with Crippen LogP contribution in [-0.2, 0) is 22.4 Å². The largest absolute Gasteiger partial charge is 0.468 e. The molecule has 0 aliphatic heterocycles. The monoisotopic (exact) mass is 238 g/mol. The topological polar surface area (TPSA) is 26.3 Å². The molecular formula is C16H14O2. The highest BCUT2D eigenvalue weighted by atomic mass is 16.5. The molecule has 90 valence electrons. The first-order valence-electron chi connectivity index (χ1n) is 6.14. The van der Waals surface area contributed by atoms with Crippen LogP contribution in [0.25, 0.3) is 11.1 Å². The zero-order valence-electron chi connectivity index (χ0n) is 10.1. The van der Waals surface area contributed by atoms with E-state index >= 15 is 0 Å². The van der Waals surface area contributed by atoms with E-state index in [1.807, 2.05) is 0 Å². The van der Waals surface area contributed by atoms with Crippen molar-refractivity contribution in [3.63, 3.8) is 0 Å². The molecular weight excluding hydrogens is 224 g/mol.